The van der Waals surface area contributed by atoms with Gasteiger partial charge in [0, 0.05) is 48.8 Å². The van der Waals surface area contributed by atoms with Crippen molar-refractivity contribution in [1.82, 2.24) is 9.38 Å². The minimum Gasteiger partial charge on any atom is -0.307 e. The molecule has 2 nitrogen and oxygen atoms in total. The van der Waals surface area contributed by atoms with Crippen LogP contribution in [0, 0.1) is 5.41 Å². The van der Waals surface area contributed by atoms with E-state index < -0.39 is 0 Å². The Kier molecular flexibility index (Phi) is 4.18. The second kappa shape index (κ2) is 7.30. The van der Waals surface area contributed by atoms with Crippen LogP contribution in [0.15, 0.2) is 91.1 Å². The van der Waals surface area contributed by atoms with Crippen molar-refractivity contribution < 1.29 is 0 Å². The molecule has 8 rings (SSSR count). The van der Waals surface area contributed by atoms with Gasteiger partial charge in [0.25, 0.3) is 0 Å². The smallest absolute Gasteiger partial charge is 0.0720 e. The molecule has 0 saturated heterocycles. The highest BCUT2D eigenvalue weighted by molar-refractivity contribution is 7.26. The van der Waals surface area contributed by atoms with Crippen LogP contribution in [0.2, 0.25) is 0 Å². The molecular formula is C34H26N2S. The molecule has 8 aromatic rings. The van der Waals surface area contributed by atoms with Crippen molar-refractivity contribution in [3.63, 3.8) is 0 Å². The van der Waals surface area contributed by atoms with Gasteiger partial charge in [-0.25, -0.2) is 0 Å². The second-order valence-corrected chi connectivity index (χ2v) is 12.5. The first-order chi connectivity index (χ1) is 18.0. The van der Waals surface area contributed by atoms with Gasteiger partial charge in [-0.15, -0.1) is 11.3 Å². The molecule has 4 aromatic heterocycles. The molecule has 0 aliphatic carbocycles. The minimum absolute atomic E-state index is 0.245. The van der Waals surface area contributed by atoms with Gasteiger partial charge in [0.15, 0.2) is 0 Å². The van der Waals surface area contributed by atoms with E-state index in [-0.39, 0.29) is 5.41 Å². The summed E-state index contributed by atoms with van der Waals surface area (Å²) in [6.45, 7) is 6.86. The van der Waals surface area contributed by atoms with E-state index in [0.717, 1.165) is 12.1 Å². The quantitative estimate of drug-likeness (QED) is 0.234. The van der Waals surface area contributed by atoms with Crippen LogP contribution in [-0.4, -0.2) is 9.38 Å². The van der Waals surface area contributed by atoms with Gasteiger partial charge in [0.1, 0.15) is 0 Å². The van der Waals surface area contributed by atoms with Crippen LogP contribution in [0.1, 0.15) is 26.3 Å². The summed E-state index contributed by atoms with van der Waals surface area (Å²) in [6, 6.07) is 31.5. The molecular weight excluding hydrogens is 468 g/mol. The molecule has 0 atom stereocenters. The summed E-state index contributed by atoms with van der Waals surface area (Å²) in [4.78, 5) is 4.76. The molecule has 0 saturated carbocycles. The van der Waals surface area contributed by atoms with Gasteiger partial charge in [-0.05, 0) is 47.7 Å². The van der Waals surface area contributed by atoms with E-state index in [1.807, 2.05) is 17.5 Å². The summed E-state index contributed by atoms with van der Waals surface area (Å²) in [6.07, 6.45) is 2.99. The Balaban J connectivity index is 1.44. The minimum atomic E-state index is 0.245. The molecule has 0 spiro atoms. The molecule has 0 aliphatic rings. The Bertz CT molecular complexity index is 2150. The Morgan fingerprint density at radius 2 is 1.46 bits per heavy atom. The molecule has 0 radical (unpaired) electrons. The van der Waals surface area contributed by atoms with E-state index in [4.69, 9.17) is 4.98 Å². The van der Waals surface area contributed by atoms with Crippen LogP contribution in [0.5, 0.6) is 0 Å². The zero-order chi connectivity index (χ0) is 24.9. The lowest BCUT2D eigenvalue weighted by Crippen LogP contribution is -2.09. The van der Waals surface area contributed by atoms with E-state index in [9.17, 15) is 0 Å². The van der Waals surface area contributed by atoms with Crippen LogP contribution in [-0.2, 0) is 6.42 Å². The fourth-order valence-corrected chi connectivity index (χ4v) is 7.49. The standard InChI is InChI=1S/C34H26N2S/c1-34(2,3)19-20-15-16-35-28(17-20)21-11-14-29-27(18-21)24-9-6-8-23-25-12-13-26-22-7-4-5-10-30(22)37-33(26)32(25)36(29)31(23)24/h4-18H,19H2,1-3H3. The first kappa shape index (κ1) is 21.2. The molecule has 4 heterocycles. The fraction of sp³-hybridized carbons (Fsp3) is 0.147. The Hall–Kier alpha value is -3.95. The van der Waals surface area contributed by atoms with E-state index in [2.05, 4.69) is 110 Å². The van der Waals surface area contributed by atoms with E-state index in [1.165, 1.54) is 69.4 Å². The third-order valence-corrected chi connectivity index (χ3v) is 8.87. The second-order valence-electron chi connectivity index (χ2n) is 11.5. The highest BCUT2D eigenvalue weighted by atomic mass is 32.1. The number of rotatable bonds is 2. The first-order valence-electron chi connectivity index (χ1n) is 12.9. The van der Waals surface area contributed by atoms with Gasteiger partial charge in [-0.1, -0.05) is 75.4 Å². The van der Waals surface area contributed by atoms with Crippen molar-refractivity contribution in [1.29, 1.82) is 0 Å². The molecule has 3 heteroatoms. The van der Waals surface area contributed by atoms with Gasteiger partial charge >= 0.3 is 0 Å². The highest BCUT2D eigenvalue weighted by Gasteiger charge is 2.21. The maximum absolute atomic E-state index is 4.76. The fourth-order valence-electron chi connectivity index (χ4n) is 6.25. The van der Waals surface area contributed by atoms with Crippen LogP contribution in [0.3, 0.4) is 0 Å². The van der Waals surface area contributed by atoms with Gasteiger partial charge in [-0.3, -0.25) is 4.98 Å². The average molecular weight is 495 g/mol. The maximum atomic E-state index is 4.76. The van der Waals surface area contributed by atoms with Crippen LogP contribution >= 0.6 is 11.3 Å². The monoisotopic (exact) mass is 494 g/mol. The molecule has 37 heavy (non-hydrogen) atoms. The molecule has 0 unspecified atom stereocenters. The van der Waals surface area contributed by atoms with Crippen LogP contribution in [0.25, 0.3) is 69.5 Å². The largest absolute Gasteiger partial charge is 0.307 e. The zero-order valence-electron chi connectivity index (χ0n) is 21.2. The van der Waals surface area contributed by atoms with Crippen molar-refractivity contribution in [2.75, 3.05) is 0 Å². The first-order valence-corrected chi connectivity index (χ1v) is 13.8. The number of aromatic nitrogens is 2. The Labute approximate surface area is 219 Å². The number of nitrogens with zero attached hydrogens (tertiary/aromatic N) is 2. The topological polar surface area (TPSA) is 17.3 Å². The van der Waals surface area contributed by atoms with Gasteiger partial charge in [0.05, 0.1) is 26.9 Å². The lowest BCUT2D eigenvalue weighted by molar-refractivity contribution is 0.411. The molecule has 0 bridgehead atoms. The number of para-hydroxylation sites is 1. The summed E-state index contributed by atoms with van der Waals surface area (Å²) in [5.41, 5.74) is 7.72. The van der Waals surface area contributed by atoms with Crippen LogP contribution < -0.4 is 0 Å². The van der Waals surface area contributed by atoms with Crippen molar-refractivity contribution in [2.24, 2.45) is 5.41 Å². The molecule has 0 aliphatic heterocycles. The highest BCUT2D eigenvalue weighted by Crippen LogP contribution is 2.45. The summed E-state index contributed by atoms with van der Waals surface area (Å²) < 4.78 is 5.23. The van der Waals surface area contributed by atoms with E-state index in [0.29, 0.717) is 0 Å². The summed E-state index contributed by atoms with van der Waals surface area (Å²) in [5, 5.41) is 7.96. The number of pyridine rings is 1. The van der Waals surface area contributed by atoms with Gasteiger partial charge in [-0.2, -0.15) is 0 Å². The number of benzene rings is 4. The van der Waals surface area contributed by atoms with Crippen molar-refractivity contribution in [2.45, 2.75) is 27.2 Å². The Morgan fingerprint density at radius 1 is 0.703 bits per heavy atom. The predicted octanol–water partition coefficient (Wildman–Crippen LogP) is 9.86. The molecule has 0 N–H and O–H groups in total. The molecule has 178 valence electrons. The lowest BCUT2D eigenvalue weighted by atomic mass is 9.88. The number of hydrogen-bond acceptors (Lipinski definition) is 2. The van der Waals surface area contributed by atoms with E-state index >= 15 is 0 Å². The molecule has 0 fully saturated rings. The van der Waals surface area contributed by atoms with Crippen molar-refractivity contribution in [3.8, 4) is 11.3 Å². The normalized spacial score (nSPS) is 12.8. The molecule has 4 aromatic carbocycles. The van der Waals surface area contributed by atoms with Crippen molar-refractivity contribution in [3.05, 3.63) is 96.7 Å². The lowest BCUT2D eigenvalue weighted by Gasteiger charge is -2.18. The third-order valence-electron chi connectivity index (χ3n) is 7.68. The number of thiophene rings is 1. The third kappa shape index (κ3) is 3.01. The van der Waals surface area contributed by atoms with E-state index in [1.54, 1.807) is 0 Å². The average Bonchev–Trinajstić information content (AvgIpc) is 3.54. The number of fused-ring (bicyclic) bond motifs is 10. The predicted molar refractivity (Wildman–Crippen MR) is 160 cm³/mol. The summed E-state index contributed by atoms with van der Waals surface area (Å²) >= 11 is 1.91. The maximum Gasteiger partial charge on any atom is 0.0720 e. The number of hydrogen-bond donors (Lipinski definition) is 0. The summed E-state index contributed by atoms with van der Waals surface area (Å²) in [5.74, 6) is 0. The van der Waals surface area contributed by atoms with Gasteiger partial charge < -0.3 is 4.40 Å². The summed E-state index contributed by atoms with van der Waals surface area (Å²) in [7, 11) is 0. The van der Waals surface area contributed by atoms with Crippen LogP contribution in [0.4, 0.5) is 0 Å². The Morgan fingerprint density at radius 3 is 2.32 bits per heavy atom. The van der Waals surface area contributed by atoms with Gasteiger partial charge in [0.2, 0.25) is 0 Å². The molecule has 0 amide bonds. The zero-order valence-corrected chi connectivity index (χ0v) is 22.0. The van der Waals surface area contributed by atoms with Crippen molar-refractivity contribution >= 4 is 69.6 Å². The SMILES string of the molecule is CC(C)(C)Cc1ccnc(-c2ccc3c(c2)c2cccc4c5ccc6c7ccccc7sc6c5n3c24)c1.